The Kier molecular flexibility index (Phi) is 7.18. The van der Waals surface area contributed by atoms with E-state index >= 15 is 0 Å². The highest BCUT2D eigenvalue weighted by Crippen LogP contribution is 2.35. The van der Waals surface area contributed by atoms with Crippen LogP contribution in [0.25, 0.3) is 55.6 Å². The SMILES string of the molecule is CS(=O)(=O)NCc1cc(F)cc(-c2nccc3[nH]c(-c4n[nH]c5ccc(-c6cncc(CN7CCC(F)(F)C7)c6)cc45)cc23)c1. The van der Waals surface area contributed by atoms with Crippen LogP contribution >= 0.6 is 0 Å². The van der Waals surface area contributed by atoms with Gasteiger partial charge in [0.15, 0.2) is 0 Å². The largest absolute Gasteiger partial charge is 0.353 e. The molecular formula is C32H28F3N7O2S. The average Bonchev–Trinajstić information content (AvgIpc) is 3.71. The lowest BCUT2D eigenvalue weighted by Gasteiger charge is -2.15. The van der Waals surface area contributed by atoms with Crippen LogP contribution in [0.2, 0.25) is 0 Å². The van der Waals surface area contributed by atoms with Gasteiger partial charge >= 0.3 is 0 Å². The summed E-state index contributed by atoms with van der Waals surface area (Å²) in [7, 11) is -3.45. The second-order valence-electron chi connectivity index (χ2n) is 11.5. The number of alkyl halides is 2. The van der Waals surface area contributed by atoms with Gasteiger partial charge in [0.1, 0.15) is 11.5 Å². The molecule has 0 unspecified atom stereocenters. The van der Waals surface area contributed by atoms with Crippen molar-refractivity contribution in [3.63, 3.8) is 0 Å². The van der Waals surface area contributed by atoms with Crippen LogP contribution in [0.15, 0.2) is 73.2 Å². The topological polar surface area (TPSA) is 120 Å². The third-order valence-electron chi connectivity index (χ3n) is 7.92. The van der Waals surface area contributed by atoms with Crippen LogP contribution < -0.4 is 4.72 Å². The lowest BCUT2D eigenvalue weighted by atomic mass is 10.0. The predicted molar refractivity (Wildman–Crippen MR) is 166 cm³/mol. The van der Waals surface area contributed by atoms with Gasteiger partial charge in [-0.3, -0.25) is 20.0 Å². The molecule has 230 valence electrons. The first-order chi connectivity index (χ1) is 21.5. The first-order valence-electron chi connectivity index (χ1n) is 14.2. The summed E-state index contributed by atoms with van der Waals surface area (Å²) in [5, 5.41) is 9.26. The molecule has 6 aromatic rings. The number of likely N-dealkylation sites (tertiary alicyclic amines) is 1. The number of nitrogens with one attached hydrogen (secondary N) is 3. The summed E-state index contributed by atoms with van der Waals surface area (Å²) in [6.45, 7) is 0.461. The van der Waals surface area contributed by atoms with Gasteiger partial charge in [-0.25, -0.2) is 26.3 Å². The summed E-state index contributed by atoms with van der Waals surface area (Å²) in [6.07, 6.45) is 6.01. The highest BCUT2D eigenvalue weighted by molar-refractivity contribution is 7.88. The van der Waals surface area contributed by atoms with E-state index in [4.69, 9.17) is 0 Å². The number of hydrogen-bond donors (Lipinski definition) is 3. The molecule has 5 heterocycles. The van der Waals surface area contributed by atoms with Gasteiger partial charge in [-0.2, -0.15) is 5.10 Å². The van der Waals surface area contributed by atoms with Crippen LogP contribution in [0.4, 0.5) is 13.2 Å². The maximum atomic E-state index is 14.6. The van der Waals surface area contributed by atoms with Gasteiger partial charge < -0.3 is 4.98 Å². The fraction of sp³-hybridized carbons (Fsp3) is 0.219. The van der Waals surface area contributed by atoms with E-state index in [2.05, 4.69) is 29.9 Å². The Morgan fingerprint density at radius 2 is 1.76 bits per heavy atom. The minimum atomic E-state index is -3.45. The number of rotatable bonds is 8. The van der Waals surface area contributed by atoms with Crippen LogP contribution in [0.1, 0.15) is 17.5 Å². The van der Waals surface area contributed by atoms with Gasteiger partial charge in [-0.05, 0) is 65.2 Å². The first kappa shape index (κ1) is 29.1. The van der Waals surface area contributed by atoms with Gasteiger partial charge in [-0.1, -0.05) is 6.07 Å². The molecule has 7 rings (SSSR count). The number of aromatic amines is 2. The number of nitrogens with zero attached hydrogens (tertiary/aromatic N) is 4. The Labute approximate surface area is 256 Å². The van der Waals surface area contributed by atoms with E-state index in [1.807, 2.05) is 36.4 Å². The van der Waals surface area contributed by atoms with Crippen molar-refractivity contribution >= 4 is 31.8 Å². The van der Waals surface area contributed by atoms with Crippen molar-refractivity contribution in [3.05, 3.63) is 90.1 Å². The Morgan fingerprint density at radius 3 is 2.56 bits per heavy atom. The van der Waals surface area contributed by atoms with Crippen LogP contribution in [0.3, 0.4) is 0 Å². The molecule has 13 heteroatoms. The molecule has 1 fully saturated rings. The molecule has 0 radical (unpaired) electrons. The minimum absolute atomic E-state index is 0.0494. The van der Waals surface area contributed by atoms with Crippen LogP contribution in [0, 0.1) is 5.82 Å². The zero-order valence-electron chi connectivity index (χ0n) is 24.1. The predicted octanol–water partition coefficient (Wildman–Crippen LogP) is 5.86. The van der Waals surface area contributed by atoms with Crippen LogP contribution in [-0.2, 0) is 23.1 Å². The van der Waals surface area contributed by atoms with Crippen LogP contribution in [-0.4, -0.2) is 63.7 Å². The molecule has 2 aromatic carbocycles. The first-order valence-corrected chi connectivity index (χ1v) is 16.1. The number of sulfonamides is 1. The lowest BCUT2D eigenvalue weighted by molar-refractivity contribution is 0.0115. The third kappa shape index (κ3) is 6.19. The van der Waals surface area contributed by atoms with E-state index < -0.39 is 21.8 Å². The highest BCUT2D eigenvalue weighted by atomic mass is 32.2. The number of hydrogen-bond acceptors (Lipinski definition) is 6. The molecule has 1 aliphatic rings. The molecule has 45 heavy (non-hydrogen) atoms. The van der Waals surface area contributed by atoms with E-state index in [0.29, 0.717) is 35.6 Å². The number of fused-ring (bicyclic) bond motifs is 2. The van der Waals surface area contributed by atoms with Gasteiger partial charge in [0, 0.05) is 72.1 Å². The smallest absolute Gasteiger partial charge is 0.261 e. The zero-order valence-corrected chi connectivity index (χ0v) is 24.9. The summed E-state index contributed by atoms with van der Waals surface area (Å²) in [4.78, 5) is 14.1. The fourth-order valence-electron chi connectivity index (χ4n) is 5.85. The molecule has 1 saturated heterocycles. The second kappa shape index (κ2) is 11.1. The Morgan fingerprint density at radius 1 is 0.933 bits per heavy atom. The average molecular weight is 632 g/mol. The summed E-state index contributed by atoms with van der Waals surface area (Å²) in [5.41, 5.74) is 7.13. The van der Waals surface area contributed by atoms with Crippen molar-refractivity contribution in [3.8, 4) is 33.8 Å². The van der Waals surface area contributed by atoms with Crippen molar-refractivity contribution in [1.29, 1.82) is 0 Å². The van der Waals surface area contributed by atoms with Gasteiger partial charge in [0.25, 0.3) is 5.92 Å². The standard InChI is InChI=1S/C32H28F3N7O2S/c1-45(43,44)38-15-19-8-22(11-24(33)10-19)30-26-13-29(39-27(26)4-6-37-30)31-25-12-21(2-3-28(25)40-41-31)23-9-20(14-36-16-23)17-42-7-5-32(34,35)18-42/h2-4,6,8-14,16,38-39H,5,7,15,17-18H2,1H3,(H,40,41). The Balaban J connectivity index is 1.22. The maximum absolute atomic E-state index is 14.6. The van der Waals surface area contributed by atoms with Gasteiger partial charge in [0.05, 0.1) is 29.7 Å². The molecule has 0 spiro atoms. The molecule has 4 aromatic heterocycles. The van der Waals surface area contributed by atoms with E-state index in [-0.39, 0.29) is 19.5 Å². The number of pyridine rings is 2. The summed E-state index contributed by atoms with van der Waals surface area (Å²) in [6, 6.07) is 16.0. The normalized spacial score (nSPS) is 15.4. The fourth-order valence-corrected chi connectivity index (χ4v) is 6.27. The van der Waals surface area contributed by atoms with E-state index in [1.54, 1.807) is 29.6 Å². The van der Waals surface area contributed by atoms with Gasteiger partial charge in [0.2, 0.25) is 10.0 Å². The van der Waals surface area contributed by atoms with Crippen molar-refractivity contribution in [2.45, 2.75) is 25.4 Å². The summed E-state index contributed by atoms with van der Waals surface area (Å²) < 4.78 is 67.5. The van der Waals surface area contributed by atoms with Crippen molar-refractivity contribution < 1.29 is 21.6 Å². The summed E-state index contributed by atoms with van der Waals surface area (Å²) >= 11 is 0. The third-order valence-corrected chi connectivity index (χ3v) is 8.59. The number of aromatic nitrogens is 5. The molecule has 0 atom stereocenters. The lowest BCUT2D eigenvalue weighted by Crippen LogP contribution is -2.24. The highest BCUT2D eigenvalue weighted by Gasteiger charge is 2.37. The minimum Gasteiger partial charge on any atom is -0.353 e. The van der Waals surface area contributed by atoms with Crippen LogP contribution in [0.5, 0.6) is 0 Å². The van der Waals surface area contributed by atoms with Crippen molar-refractivity contribution in [2.75, 3.05) is 19.3 Å². The molecule has 1 aliphatic heterocycles. The number of halogens is 3. The monoisotopic (exact) mass is 631 g/mol. The number of benzene rings is 2. The zero-order chi connectivity index (χ0) is 31.3. The molecule has 0 saturated carbocycles. The molecular weight excluding hydrogens is 603 g/mol. The molecule has 0 aliphatic carbocycles. The maximum Gasteiger partial charge on any atom is 0.261 e. The van der Waals surface area contributed by atoms with Crippen molar-refractivity contribution in [2.24, 2.45) is 0 Å². The molecule has 9 nitrogen and oxygen atoms in total. The van der Waals surface area contributed by atoms with E-state index in [1.165, 1.54) is 12.1 Å². The van der Waals surface area contributed by atoms with E-state index in [9.17, 15) is 21.6 Å². The Bertz CT molecular complexity index is 2180. The summed E-state index contributed by atoms with van der Waals surface area (Å²) in [5.74, 6) is -3.15. The van der Waals surface area contributed by atoms with E-state index in [0.717, 1.165) is 50.4 Å². The number of H-pyrrole nitrogens is 2. The quantitative estimate of drug-likeness (QED) is 0.194. The van der Waals surface area contributed by atoms with Crippen molar-refractivity contribution in [1.82, 2.24) is 34.8 Å². The van der Waals surface area contributed by atoms with Gasteiger partial charge in [-0.15, -0.1) is 0 Å². The molecule has 0 amide bonds. The second-order valence-corrected chi connectivity index (χ2v) is 13.3. The molecule has 0 bridgehead atoms. The molecule has 3 N–H and O–H groups in total. The Hall–Kier alpha value is -4.59.